The van der Waals surface area contributed by atoms with Gasteiger partial charge in [0.2, 0.25) is 5.91 Å². The minimum atomic E-state index is -0.707. The average Bonchev–Trinajstić information content (AvgIpc) is 3.18. The molecule has 1 amide bonds. The minimum Gasteiger partial charge on any atom is -0.492 e. The topological polar surface area (TPSA) is 106 Å². The number of nitrogens with zero attached hydrogens (tertiary/aromatic N) is 3. The number of nitriles is 1. The van der Waals surface area contributed by atoms with Crippen molar-refractivity contribution in [2.75, 3.05) is 13.2 Å². The van der Waals surface area contributed by atoms with E-state index in [-0.39, 0.29) is 24.1 Å². The van der Waals surface area contributed by atoms with Gasteiger partial charge in [-0.2, -0.15) is 5.26 Å². The van der Waals surface area contributed by atoms with Gasteiger partial charge in [-0.15, -0.1) is 0 Å². The predicted molar refractivity (Wildman–Crippen MR) is 112 cm³/mol. The maximum absolute atomic E-state index is 12.5. The van der Waals surface area contributed by atoms with E-state index in [2.05, 4.69) is 26.1 Å². The van der Waals surface area contributed by atoms with Gasteiger partial charge >= 0.3 is 5.69 Å². The molecule has 0 saturated heterocycles. The molecule has 0 aliphatic carbocycles. The van der Waals surface area contributed by atoms with Crippen LogP contribution in [0.1, 0.15) is 44.0 Å². The molecule has 0 bridgehead atoms. The van der Waals surface area contributed by atoms with E-state index in [4.69, 9.17) is 4.74 Å². The Labute approximate surface area is 174 Å². The second kappa shape index (κ2) is 8.57. The lowest BCUT2D eigenvalue weighted by Gasteiger charge is -2.19. The normalized spacial score (nSPS) is 12.9. The fourth-order valence-electron chi connectivity index (χ4n) is 3.50. The third-order valence-electron chi connectivity index (χ3n) is 5.16. The first kappa shape index (κ1) is 21.4. The minimum absolute atomic E-state index is 0.0538. The van der Waals surface area contributed by atoms with Crippen LogP contribution in [0.3, 0.4) is 0 Å². The first-order valence-electron chi connectivity index (χ1n) is 9.99. The summed E-state index contributed by atoms with van der Waals surface area (Å²) in [5.74, 6) is 0.215. The van der Waals surface area contributed by atoms with E-state index in [1.807, 2.05) is 30.3 Å². The molecule has 0 unspecified atom stereocenters. The van der Waals surface area contributed by atoms with Crippen LogP contribution >= 0.6 is 0 Å². The average molecular weight is 410 g/mol. The summed E-state index contributed by atoms with van der Waals surface area (Å²) in [5.41, 5.74) is 0.424. The molecule has 0 fully saturated rings. The van der Waals surface area contributed by atoms with Gasteiger partial charge in [-0.1, -0.05) is 32.9 Å². The van der Waals surface area contributed by atoms with E-state index in [0.29, 0.717) is 30.8 Å². The Kier molecular flexibility index (Phi) is 6.11. The second-order valence-electron chi connectivity index (χ2n) is 8.34. The molecule has 30 heavy (non-hydrogen) atoms. The van der Waals surface area contributed by atoms with Gasteiger partial charge < -0.3 is 10.1 Å². The van der Waals surface area contributed by atoms with E-state index in [0.717, 1.165) is 4.57 Å². The van der Waals surface area contributed by atoms with Crippen LogP contribution in [0.25, 0.3) is 0 Å². The third kappa shape index (κ3) is 4.46. The Morgan fingerprint density at radius 3 is 2.57 bits per heavy atom. The van der Waals surface area contributed by atoms with Crippen molar-refractivity contribution in [3.8, 4) is 11.8 Å². The molecule has 8 heteroatoms. The summed E-state index contributed by atoms with van der Waals surface area (Å²) < 4.78 is 7.87. The number of hydrogen-bond acceptors (Lipinski definition) is 5. The highest BCUT2D eigenvalue weighted by Gasteiger charge is 2.23. The molecule has 3 rings (SSSR count). The molecule has 1 aromatic heterocycles. The summed E-state index contributed by atoms with van der Waals surface area (Å²) in [6.45, 7) is 6.91. The quantitative estimate of drug-likeness (QED) is 0.723. The van der Waals surface area contributed by atoms with Crippen molar-refractivity contribution in [3.63, 3.8) is 0 Å². The second-order valence-corrected chi connectivity index (χ2v) is 8.34. The zero-order valence-corrected chi connectivity index (χ0v) is 17.5. The van der Waals surface area contributed by atoms with Crippen LogP contribution in [0, 0.1) is 11.3 Å². The van der Waals surface area contributed by atoms with Crippen molar-refractivity contribution in [2.24, 2.45) is 0 Å². The SMILES string of the molecule is CC(C)(C)c1ccc(OCCNC(=O)Cn2c(=O)c(C#N)c3n(c2=O)CCC3)cc1. The Morgan fingerprint density at radius 2 is 1.93 bits per heavy atom. The molecule has 1 aromatic carbocycles. The van der Waals surface area contributed by atoms with Crippen molar-refractivity contribution in [1.29, 1.82) is 5.26 Å². The number of fused-ring (bicyclic) bond motifs is 1. The molecule has 158 valence electrons. The van der Waals surface area contributed by atoms with E-state index in [9.17, 15) is 19.6 Å². The summed E-state index contributed by atoms with van der Waals surface area (Å²) in [5, 5.41) is 11.9. The van der Waals surface area contributed by atoms with Crippen molar-refractivity contribution < 1.29 is 9.53 Å². The molecular weight excluding hydrogens is 384 g/mol. The fourth-order valence-corrected chi connectivity index (χ4v) is 3.50. The molecule has 0 atom stereocenters. The van der Waals surface area contributed by atoms with Gasteiger partial charge in [0, 0.05) is 12.2 Å². The molecule has 2 aromatic rings. The summed E-state index contributed by atoms with van der Waals surface area (Å²) in [6.07, 6.45) is 1.22. The molecule has 0 spiro atoms. The number of rotatable bonds is 6. The van der Waals surface area contributed by atoms with Crippen LogP contribution in [0.2, 0.25) is 0 Å². The lowest BCUT2D eigenvalue weighted by atomic mass is 9.87. The zero-order chi connectivity index (χ0) is 21.9. The van der Waals surface area contributed by atoms with Gasteiger partial charge in [0.15, 0.2) is 0 Å². The van der Waals surface area contributed by atoms with E-state index in [1.165, 1.54) is 10.1 Å². The number of nitrogens with one attached hydrogen (secondary N) is 1. The van der Waals surface area contributed by atoms with E-state index >= 15 is 0 Å². The van der Waals surface area contributed by atoms with Crippen molar-refractivity contribution in [2.45, 2.75) is 52.1 Å². The maximum atomic E-state index is 12.5. The van der Waals surface area contributed by atoms with Crippen LogP contribution in [-0.2, 0) is 29.7 Å². The summed E-state index contributed by atoms with van der Waals surface area (Å²) in [7, 11) is 0. The van der Waals surface area contributed by atoms with Crippen LogP contribution in [-0.4, -0.2) is 28.2 Å². The molecular formula is C22H26N4O4. The monoisotopic (exact) mass is 410 g/mol. The van der Waals surface area contributed by atoms with Gasteiger partial charge in [0.25, 0.3) is 5.56 Å². The summed E-state index contributed by atoms with van der Waals surface area (Å²) in [4.78, 5) is 37.2. The number of hydrogen-bond donors (Lipinski definition) is 1. The largest absolute Gasteiger partial charge is 0.492 e. The number of aromatic nitrogens is 2. The molecule has 1 N–H and O–H groups in total. The van der Waals surface area contributed by atoms with Gasteiger partial charge in [-0.25, -0.2) is 9.36 Å². The standard InChI is InChI=1S/C22H26N4O4/c1-22(2,3)15-6-8-16(9-7-15)30-12-10-24-19(27)14-26-20(28)17(13-23)18-5-4-11-25(18)21(26)29/h6-9H,4-5,10-12,14H2,1-3H3,(H,24,27). The Hall–Kier alpha value is -3.34. The van der Waals surface area contributed by atoms with Crippen LogP contribution in [0.15, 0.2) is 33.9 Å². The zero-order valence-electron chi connectivity index (χ0n) is 17.5. The highest BCUT2D eigenvalue weighted by atomic mass is 16.5. The Balaban J connectivity index is 1.57. The van der Waals surface area contributed by atoms with Crippen LogP contribution in [0.4, 0.5) is 0 Å². The first-order chi connectivity index (χ1) is 14.2. The fraction of sp³-hybridized carbons (Fsp3) is 0.455. The van der Waals surface area contributed by atoms with Gasteiger partial charge in [-0.3, -0.25) is 14.2 Å². The van der Waals surface area contributed by atoms with Crippen molar-refractivity contribution in [1.82, 2.24) is 14.5 Å². The molecule has 0 saturated carbocycles. The number of carbonyl (C=O) groups is 1. The van der Waals surface area contributed by atoms with Crippen molar-refractivity contribution >= 4 is 5.91 Å². The number of benzene rings is 1. The van der Waals surface area contributed by atoms with Gasteiger partial charge in [-0.05, 0) is 36.0 Å². The lowest BCUT2D eigenvalue weighted by molar-refractivity contribution is -0.121. The maximum Gasteiger partial charge on any atom is 0.331 e. The number of ether oxygens (including phenoxy) is 1. The van der Waals surface area contributed by atoms with Gasteiger partial charge in [0.1, 0.15) is 30.5 Å². The first-order valence-corrected chi connectivity index (χ1v) is 9.99. The highest BCUT2D eigenvalue weighted by molar-refractivity contribution is 5.75. The molecule has 8 nitrogen and oxygen atoms in total. The Morgan fingerprint density at radius 1 is 1.23 bits per heavy atom. The number of amides is 1. The molecule has 2 heterocycles. The lowest BCUT2D eigenvalue weighted by Crippen LogP contribution is -2.45. The summed E-state index contributed by atoms with van der Waals surface area (Å²) >= 11 is 0. The Bertz CT molecular complexity index is 1100. The predicted octanol–water partition coefficient (Wildman–Crippen LogP) is 1.32. The smallest absolute Gasteiger partial charge is 0.331 e. The highest BCUT2D eigenvalue weighted by Crippen LogP contribution is 2.24. The number of carbonyl (C=O) groups excluding carboxylic acids is 1. The van der Waals surface area contributed by atoms with Crippen LogP contribution < -0.4 is 21.3 Å². The molecule has 1 aliphatic rings. The van der Waals surface area contributed by atoms with Crippen molar-refractivity contribution in [3.05, 3.63) is 61.9 Å². The van der Waals surface area contributed by atoms with Crippen LogP contribution in [0.5, 0.6) is 5.75 Å². The van der Waals surface area contributed by atoms with Gasteiger partial charge in [0.05, 0.1) is 6.54 Å². The summed E-state index contributed by atoms with van der Waals surface area (Å²) in [6, 6.07) is 9.66. The third-order valence-corrected chi connectivity index (χ3v) is 5.16. The van der Waals surface area contributed by atoms with E-state index < -0.39 is 23.7 Å². The molecule has 1 aliphatic heterocycles. The molecule has 0 radical (unpaired) electrons. The van der Waals surface area contributed by atoms with E-state index in [1.54, 1.807) is 0 Å².